The van der Waals surface area contributed by atoms with E-state index in [0.29, 0.717) is 35.3 Å². The van der Waals surface area contributed by atoms with Crippen molar-refractivity contribution in [3.63, 3.8) is 0 Å². The predicted molar refractivity (Wildman–Crippen MR) is 138 cm³/mol. The summed E-state index contributed by atoms with van der Waals surface area (Å²) < 4.78 is 14.3. The van der Waals surface area contributed by atoms with Crippen LogP contribution in [0.1, 0.15) is 29.4 Å². The molecular weight excluding hydrogens is 553 g/mol. The number of rotatable bonds is 8. The number of amides is 1. The van der Waals surface area contributed by atoms with Gasteiger partial charge in [0.1, 0.15) is 18.2 Å². The first-order valence-corrected chi connectivity index (χ1v) is 11.7. The lowest BCUT2D eigenvalue weighted by Gasteiger charge is -2.15. The summed E-state index contributed by atoms with van der Waals surface area (Å²) in [6, 6.07) is 16.8. The van der Waals surface area contributed by atoms with Crippen LogP contribution in [0.2, 0.25) is 5.02 Å². The molecule has 33 heavy (non-hydrogen) atoms. The minimum atomic E-state index is -0.490. The zero-order chi connectivity index (χ0) is 24.0. The molecule has 0 atom stereocenters. The van der Waals surface area contributed by atoms with Crippen molar-refractivity contribution in [2.24, 2.45) is 0 Å². The van der Waals surface area contributed by atoms with Gasteiger partial charge in [0.15, 0.2) is 11.5 Å². The summed E-state index contributed by atoms with van der Waals surface area (Å²) in [4.78, 5) is 12.7. The van der Waals surface area contributed by atoms with Crippen LogP contribution in [0, 0.1) is 28.7 Å². The minimum absolute atomic E-state index is 0.0180. The molecule has 0 fully saturated rings. The molecule has 0 bridgehead atoms. The number of halogens is 2. The Kier molecular flexibility index (Phi) is 8.42. The van der Waals surface area contributed by atoms with E-state index in [-0.39, 0.29) is 5.57 Å². The van der Waals surface area contributed by atoms with E-state index in [1.54, 1.807) is 10.7 Å². The van der Waals surface area contributed by atoms with Crippen molar-refractivity contribution in [1.29, 1.82) is 5.26 Å². The number of carbonyl (C=O) groups is 1. The van der Waals surface area contributed by atoms with Gasteiger partial charge >= 0.3 is 0 Å². The topological polar surface area (TPSA) is 76.3 Å². The normalized spacial score (nSPS) is 11.1. The van der Waals surface area contributed by atoms with Crippen molar-refractivity contribution < 1.29 is 14.3 Å². The maximum absolute atomic E-state index is 12.7. The molecule has 3 rings (SSSR count). The Morgan fingerprint density at radius 2 is 1.82 bits per heavy atom. The lowest BCUT2D eigenvalue weighted by Crippen LogP contribution is -2.25. The van der Waals surface area contributed by atoms with E-state index in [2.05, 4.69) is 28.0 Å². The molecule has 0 saturated carbocycles. The summed E-state index contributed by atoms with van der Waals surface area (Å²) >= 11 is 8.11. The van der Waals surface area contributed by atoms with Gasteiger partial charge in [-0.2, -0.15) is 5.26 Å². The van der Waals surface area contributed by atoms with Crippen molar-refractivity contribution in [2.75, 3.05) is 12.0 Å². The molecule has 1 amide bonds. The largest absolute Gasteiger partial charge is 0.490 e. The Morgan fingerprint density at radius 1 is 1.15 bits per heavy atom. The van der Waals surface area contributed by atoms with Crippen molar-refractivity contribution in [1.82, 2.24) is 4.68 Å². The standard InChI is InChI=1S/C25H23ClIN3O3/c1-4-32-23-13-19(11-20(14-28)25(31)29-30-16(2)5-6-17(30)3)12-22(27)24(23)33-15-18-7-9-21(26)10-8-18/h5-13H,4,15H2,1-3H3,(H,29,31)/b20-11-. The number of nitrogens with one attached hydrogen (secondary N) is 1. The third-order valence-electron chi connectivity index (χ3n) is 4.79. The average Bonchev–Trinajstić information content (AvgIpc) is 3.10. The number of benzene rings is 2. The van der Waals surface area contributed by atoms with Gasteiger partial charge in [0.25, 0.3) is 5.91 Å². The number of ether oxygens (including phenoxy) is 2. The number of aryl methyl sites for hydroxylation is 2. The fourth-order valence-electron chi connectivity index (χ4n) is 3.13. The molecule has 0 unspecified atom stereocenters. The highest BCUT2D eigenvalue weighted by atomic mass is 127. The smallest absolute Gasteiger partial charge is 0.280 e. The molecule has 0 aliphatic heterocycles. The molecule has 170 valence electrons. The highest BCUT2D eigenvalue weighted by molar-refractivity contribution is 14.1. The van der Waals surface area contributed by atoms with Crippen LogP contribution in [0.5, 0.6) is 11.5 Å². The first-order chi connectivity index (χ1) is 15.8. The zero-order valence-electron chi connectivity index (χ0n) is 18.5. The van der Waals surface area contributed by atoms with Crippen LogP contribution in [0.3, 0.4) is 0 Å². The Bertz CT molecular complexity index is 1210. The van der Waals surface area contributed by atoms with Gasteiger partial charge in [-0.15, -0.1) is 0 Å². The molecule has 0 spiro atoms. The molecule has 6 nitrogen and oxygen atoms in total. The summed E-state index contributed by atoms with van der Waals surface area (Å²) in [5.74, 6) is 0.654. The van der Waals surface area contributed by atoms with Crippen LogP contribution in [0.25, 0.3) is 6.08 Å². The molecule has 0 saturated heterocycles. The number of hydrogen-bond donors (Lipinski definition) is 1. The van der Waals surface area contributed by atoms with E-state index in [1.807, 2.05) is 69.3 Å². The van der Waals surface area contributed by atoms with E-state index >= 15 is 0 Å². The van der Waals surface area contributed by atoms with Gasteiger partial charge in [0.05, 0.1) is 10.2 Å². The highest BCUT2D eigenvalue weighted by Gasteiger charge is 2.15. The van der Waals surface area contributed by atoms with Gasteiger partial charge in [-0.25, -0.2) is 0 Å². The summed E-state index contributed by atoms with van der Waals surface area (Å²) in [6.07, 6.45) is 1.54. The lowest BCUT2D eigenvalue weighted by molar-refractivity contribution is -0.113. The van der Waals surface area contributed by atoms with Crippen LogP contribution in [-0.2, 0) is 11.4 Å². The first kappa shape index (κ1) is 24.7. The molecular formula is C25H23ClIN3O3. The summed E-state index contributed by atoms with van der Waals surface area (Å²) in [7, 11) is 0. The molecule has 1 aromatic heterocycles. The average molecular weight is 576 g/mol. The van der Waals surface area contributed by atoms with Crippen LogP contribution in [-0.4, -0.2) is 17.2 Å². The summed E-state index contributed by atoms with van der Waals surface area (Å²) in [5.41, 5.74) is 6.11. The predicted octanol–water partition coefficient (Wildman–Crippen LogP) is 6.02. The Morgan fingerprint density at radius 3 is 2.42 bits per heavy atom. The zero-order valence-corrected chi connectivity index (χ0v) is 21.4. The van der Waals surface area contributed by atoms with E-state index in [4.69, 9.17) is 21.1 Å². The number of nitrogens with zero attached hydrogens (tertiary/aromatic N) is 2. The van der Waals surface area contributed by atoms with Crippen LogP contribution >= 0.6 is 34.2 Å². The van der Waals surface area contributed by atoms with E-state index < -0.39 is 5.91 Å². The van der Waals surface area contributed by atoms with Crippen molar-refractivity contribution in [2.45, 2.75) is 27.4 Å². The van der Waals surface area contributed by atoms with Gasteiger partial charge in [0.2, 0.25) is 0 Å². The van der Waals surface area contributed by atoms with Crippen molar-refractivity contribution >= 4 is 46.2 Å². The third kappa shape index (κ3) is 6.30. The van der Waals surface area contributed by atoms with Gasteiger partial charge in [0, 0.05) is 16.4 Å². The second-order valence-electron chi connectivity index (χ2n) is 7.24. The Balaban J connectivity index is 1.85. The fraction of sp³-hybridized carbons (Fsp3) is 0.200. The molecule has 1 N–H and O–H groups in total. The molecule has 0 radical (unpaired) electrons. The Hall–Kier alpha value is -2.96. The third-order valence-corrected chi connectivity index (χ3v) is 5.84. The molecule has 0 aliphatic rings. The Labute approximate surface area is 211 Å². The van der Waals surface area contributed by atoms with E-state index in [1.165, 1.54) is 6.08 Å². The SMILES string of the molecule is CCOc1cc(/C=C(/C#N)C(=O)Nn2c(C)ccc2C)cc(I)c1OCc1ccc(Cl)cc1. The van der Waals surface area contributed by atoms with E-state index in [9.17, 15) is 10.1 Å². The van der Waals surface area contributed by atoms with Gasteiger partial charge in [-0.3, -0.25) is 14.9 Å². The highest BCUT2D eigenvalue weighted by Crippen LogP contribution is 2.35. The summed E-state index contributed by atoms with van der Waals surface area (Å²) in [6.45, 7) is 6.43. The lowest BCUT2D eigenvalue weighted by atomic mass is 10.1. The maximum Gasteiger partial charge on any atom is 0.280 e. The summed E-state index contributed by atoms with van der Waals surface area (Å²) in [5, 5.41) is 10.3. The first-order valence-electron chi connectivity index (χ1n) is 10.2. The number of nitriles is 1. The molecule has 0 aliphatic carbocycles. The molecule has 2 aromatic carbocycles. The van der Waals surface area contributed by atoms with Gasteiger partial charge < -0.3 is 9.47 Å². The second-order valence-corrected chi connectivity index (χ2v) is 8.84. The quantitative estimate of drug-likeness (QED) is 0.203. The monoisotopic (exact) mass is 575 g/mol. The molecule has 1 heterocycles. The van der Waals surface area contributed by atoms with Crippen molar-refractivity contribution in [3.8, 4) is 17.6 Å². The second kappa shape index (κ2) is 11.3. The van der Waals surface area contributed by atoms with Gasteiger partial charge in [-0.05, 0) is 97.0 Å². The van der Waals surface area contributed by atoms with E-state index in [0.717, 1.165) is 20.5 Å². The van der Waals surface area contributed by atoms with Crippen LogP contribution in [0.4, 0.5) is 0 Å². The molecule has 3 aromatic rings. The number of aromatic nitrogens is 1. The van der Waals surface area contributed by atoms with Gasteiger partial charge in [-0.1, -0.05) is 23.7 Å². The molecule has 8 heteroatoms. The number of hydrogen-bond acceptors (Lipinski definition) is 4. The van der Waals surface area contributed by atoms with Crippen LogP contribution in [0.15, 0.2) is 54.1 Å². The van der Waals surface area contributed by atoms with Crippen molar-refractivity contribution in [3.05, 3.63) is 85.2 Å². The maximum atomic E-state index is 12.7. The number of carbonyl (C=O) groups excluding carboxylic acids is 1. The van der Waals surface area contributed by atoms with Crippen LogP contribution < -0.4 is 14.9 Å². The minimum Gasteiger partial charge on any atom is -0.490 e. The fourth-order valence-corrected chi connectivity index (χ4v) is 4.04.